The van der Waals surface area contributed by atoms with Gasteiger partial charge in [0.1, 0.15) is 0 Å². The Labute approximate surface area is 81.0 Å². The summed E-state index contributed by atoms with van der Waals surface area (Å²) in [5.41, 5.74) is 0. The quantitative estimate of drug-likeness (QED) is 0.720. The van der Waals surface area contributed by atoms with Crippen LogP contribution in [0.5, 0.6) is 0 Å². The summed E-state index contributed by atoms with van der Waals surface area (Å²) in [5, 5.41) is 3.63. The lowest BCUT2D eigenvalue weighted by molar-refractivity contribution is 0.188. The second-order valence-electron chi connectivity index (χ2n) is 4.64. The van der Waals surface area contributed by atoms with E-state index in [1.54, 1.807) is 0 Å². The second-order valence-corrected chi connectivity index (χ2v) is 4.64. The molecule has 0 bridgehead atoms. The molecule has 0 aromatic heterocycles. The SMILES string of the molecule is CC1CCCC1CNC1CCOC1. The van der Waals surface area contributed by atoms with Crippen LogP contribution in [0.15, 0.2) is 0 Å². The van der Waals surface area contributed by atoms with Crippen molar-refractivity contribution in [2.45, 2.75) is 38.6 Å². The van der Waals surface area contributed by atoms with Crippen LogP contribution in [-0.4, -0.2) is 25.8 Å². The van der Waals surface area contributed by atoms with Crippen LogP contribution in [0.25, 0.3) is 0 Å². The Bertz CT molecular complexity index is 154. The van der Waals surface area contributed by atoms with E-state index in [4.69, 9.17) is 4.74 Å². The molecule has 1 saturated heterocycles. The molecule has 2 fully saturated rings. The first-order chi connectivity index (χ1) is 6.36. The third kappa shape index (κ3) is 2.44. The first-order valence-corrected chi connectivity index (χ1v) is 5.67. The molecule has 2 rings (SSSR count). The summed E-state index contributed by atoms with van der Waals surface area (Å²) in [6, 6.07) is 0.646. The molecule has 1 N–H and O–H groups in total. The van der Waals surface area contributed by atoms with Crippen molar-refractivity contribution in [2.75, 3.05) is 19.8 Å². The first kappa shape index (κ1) is 9.47. The van der Waals surface area contributed by atoms with Gasteiger partial charge in [0, 0.05) is 12.6 Å². The summed E-state index contributed by atoms with van der Waals surface area (Å²) in [6.45, 7) is 5.50. The van der Waals surface area contributed by atoms with Crippen molar-refractivity contribution in [3.63, 3.8) is 0 Å². The lowest BCUT2D eigenvalue weighted by Gasteiger charge is -2.18. The second kappa shape index (κ2) is 4.43. The average Bonchev–Trinajstić information content (AvgIpc) is 2.72. The van der Waals surface area contributed by atoms with Crippen LogP contribution in [0.1, 0.15) is 32.6 Å². The molecule has 76 valence electrons. The van der Waals surface area contributed by atoms with E-state index in [-0.39, 0.29) is 0 Å². The van der Waals surface area contributed by atoms with Crippen LogP contribution in [0.3, 0.4) is 0 Å². The zero-order valence-corrected chi connectivity index (χ0v) is 8.59. The van der Waals surface area contributed by atoms with Gasteiger partial charge in [-0.3, -0.25) is 0 Å². The van der Waals surface area contributed by atoms with Crippen LogP contribution in [0, 0.1) is 11.8 Å². The van der Waals surface area contributed by atoms with Crippen LogP contribution >= 0.6 is 0 Å². The van der Waals surface area contributed by atoms with Gasteiger partial charge in [0.2, 0.25) is 0 Å². The minimum atomic E-state index is 0.646. The van der Waals surface area contributed by atoms with Crippen molar-refractivity contribution < 1.29 is 4.74 Å². The maximum absolute atomic E-state index is 5.34. The predicted molar refractivity (Wildman–Crippen MR) is 53.7 cm³/mol. The average molecular weight is 183 g/mol. The maximum Gasteiger partial charge on any atom is 0.0620 e. The molecule has 0 amide bonds. The molecule has 1 aliphatic carbocycles. The summed E-state index contributed by atoms with van der Waals surface area (Å²) in [4.78, 5) is 0. The molecule has 0 aromatic rings. The maximum atomic E-state index is 5.34. The fourth-order valence-electron chi connectivity index (χ4n) is 2.54. The number of hydrogen-bond donors (Lipinski definition) is 1. The monoisotopic (exact) mass is 183 g/mol. The fourth-order valence-corrected chi connectivity index (χ4v) is 2.54. The van der Waals surface area contributed by atoms with Gasteiger partial charge in [0.25, 0.3) is 0 Å². The summed E-state index contributed by atoms with van der Waals surface area (Å²) < 4.78 is 5.34. The molecule has 2 heteroatoms. The molecule has 3 unspecified atom stereocenters. The molecule has 1 heterocycles. The molecule has 0 radical (unpaired) electrons. The van der Waals surface area contributed by atoms with Gasteiger partial charge in [-0.2, -0.15) is 0 Å². The fraction of sp³-hybridized carbons (Fsp3) is 1.00. The molecule has 2 nitrogen and oxygen atoms in total. The van der Waals surface area contributed by atoms with E-state index in [2.05, 4.69) is 12.2 Å². The van der Waals surface area contributed by atoms with Gasteiger partial charge in [-0.15, -0.1) is 0 Å². The van der Waals surface area contributed by atoms with Gasteiger partial charge in [-0.05, 0) is 31.2 Å². The van der Waals surface area contributed by atoms with Crippen LogP contribution in [0.2, 0.25) is 0 Å². The largest absolute Gasteiger partial charge is 0.380 e. The highest BCUT2D eigenvalue weighted by Gasteiger charge is 2.24. The normalized spacial score (nSPS) is 39.9. The molecule has 1 saturated carbocycles. The Kier molecular flexibility index (Phi) is 3.23. The number of hydrogen-bond acceptors (Lipinski definition) is 2. The lowest BCUT2D eigenvalue weighted by atomic mass is 9.98. The van der Waals surface area contributed by atoms with Crippen molar-refractivity contribution in [1.82, 2.24) is 5.32 Å². The van der Waals surface area contributed by atoms with Crippen molar-refractivity contribution in [2.24, 2.45) is 11.8 Å². The van der Waals surface area contributed by atoms with Crippen molar-refractivity contribution in [3.05, 3.63) is 0 Å². The van der Waals surface area contributed by atoms with E-state index >= 15 is 0 Å². The van der Waals surface area contributed by atoms with Crippen molar-refractivity contribution in [3.8, 4) is 0 Å². The van der Waals surface area contributed by atoms with Crippen LogP contribution in [0.4, 0.5) is 0 Å². The molecule has 0 spiro atoms. The number of rotatable bonds is 3. The van der Waals surface area contributed by atoms with Gasteiger partial charge in [-0.1, -0.05) is 19.8 Å². The third-order valence-electron chi connectivity index (χ3n) is 3.64. The topological polar surface area (TPSA) is 21.3 Å². The highest BCUT2D eigenvalue weighted by Crippen LogP contribution is 2.30. The van der Waals surface area contributed by atoms with E-state index in [0.29, 0.717) is 6.04 Å². The summed E-state index contributed by atoms with van der Waals surface area (Å²) in [5.74, 6) is 1.87. The van der Waals surface area contributed by atoms with Gasteiger partial charge in [0.15, 0.2) is 0 Å². The Balaban J connectivity index is 1.66. The summed E-state index contributed by atoms with van der Waals surface area (Å²) in [7, 11) is 0. The van der Waals surface area contributed by atoms with E-state index in [9.17, 15) is 0 Å². The van der Waals surface area contributed by atoms with E-state index in [1.165, 1.54) is 32.2 Å². The van der Waals surface area contributed by atoms with Crippen LogP contribution < -0.4 is 5.32 Å². The Morgan fingerprint density at radius 1 is 1.31 bits per heavy atom. The van der Waals surface area contributed by atoms with Gasteiger partial charge >= 0.3 is 0 Å². The minimum absolute atomic E-state index is 0.646. The molecule has 13 heavy (non-hydrogen) atoms. The molecule has 1 aliphatic heterocycles. The third-order valence-corrected chi connectivity index (χ3v) is 3.64. The zero-order chi connectivity index (χ0) is 9.10. The highest BCUT2D eigenvalue weighted by molar-refractivity contribution is 4.79. The minimum Gasteiger partial charge on any atom is -0.380 e. The van der Waals surface area contributed by atoms with E-state index < -0.39 is 0 Å². The Morgan fingerprint density at radius 2 is 2.23 bits per heavy atom. The van der Waals surface area contributed by atoms with Gasteiger partial charge in [-0.25, -0.2) is 0 Å². The molecular weight excluding hydrogens is 162 g/mol. The zero-order valence-electron chi connectivity index (χ0n) is 8.59. The smallest absolute Gasteiger partial charge is 0.0620 e. The molecule has 3 atom stereocenters. The predicted octanol–water partition coefficient (Wildman–Crippen LogP) is 1.80. The Morgan fingerprint density at radius 3 is 2.85 bits per heavy atom. The number of nitrogens with one attached hydrogen (secondary N) is 1. The Hall–Kier alpha value is -0.0800. The lowest BCUT2D eigenvalue weighted by Crippen LogP contribution is -2.34. The van der Waals surface area contributed by atoms with Crippen LogP contribution in [-0.2, 0) is 4.74 Å². The summed E-state index contributed by atoms with van der Waals surface area (Å²) >= 11 is 0. The van der Waals surface area contributed by atoms with Gasteiger partial charge < -0.3 is 10.1 Å². The summed E-state index contributed by atoms with van der Waals surface area (Å²) in [6.07, 6.45) is 5.52. The van der Waals surface area contributed by atoms with Gasteiger partial charge in [0.05, 0.1) is 6.61 Å². The highest BCUT2D eigenvalue weighted by atomic mass is 16.5. The molecule has 2 aliphatic rings. The van der Waals surface area contributed by atoms with E-state index in [0.717, 1.165) is 25.0 Å². The standard InChI is InChI=1S/C11H21NO/c1-9-3-2-4-10(9)7-12-11-5-6-13-8-11/h9-12H,2-8H2,1H3. The first-order valence-electron chi connectivity index (χ1n) is 5.67. The molecule has 0 aromatic carbocycles. The number of ether oxygens (including phenoxy) is 1. The van der Waals surface area contributed by atoms with E-state index in [1.807, 2.05) is 0 Å². The van der Waals surface area contributed by atoms with Crippen molar-refractivity contribution in [1.29, 1.82) is 0 Å². The molecular formula is C11H21NO. The van der Waals surface area contributed by atoms with Crippen molar-refractivity contribution >= 4 is 0 Å².